The fourth-order valence-electron chi connectivity index (χ4n) is 3.13. The topological polar surface area (TPSA) is 81.8 Å². The molecule has 0 aliphatic carbocycles. The Labute approximate surface area is 154 Å². The Hall–Kier alpha value is -2.41. The largest absolute Gasteiger partial charge is 0.341 e. The summed E-state index contributed by atoms with van der Waals surface area (Å²) in [6.07, 6.45) is 0. The van der Waals surface area contributed by atoms with Crippen LogP contribution < -0.4 is 10.6 Å². The van der Waals surface area contributed by atoms with Crippen molar-refractivity contribution in [2.45, 2.75) is 32.2 Å². The number of imide groups is 1. The molecule has 2 rings (SSSR count). The van der Waals surface area contributed by atoms with Crippen molar-refractivity contribution in [2.75, 3.05) is 33.2 Å². The van der Waals surface area contributed by atoms with Gasteiger partial charge in [0.15, 0.2) is 0 Å². The Morgan fingerprint density at radius 1 is 1.04 bits per heavy atom. The Bertz CT molecular complexity index is 652. The predicted molar refractivity (Wildman–Crippen MR) is 99.7 cm³/mol. The van der Waals surface area contributed by atoms with E-state index in [9.17, 15) is 14.4 Å². The third kappa shape index (κ3) is 4.40. The summed E-state index contributed by atoms with van der Waals surface area (Å²) in [7, 11) is 1.46. The predicted octanol–water partition coefficient (Wildman–Crippen LogP) is 0.953. The van der Waals surface area contributed by atoms with E-state index in [1.165, 1.54) is 7.05 Å². The van der Waals surface area contributed by atoms with E-state index in [1.807, 2.05) is 54.0 Å². The number of urea groups is 1. The van der Waals surface area contributed by atoms with Crippen LogP contribution in [0.2, 0.25) is 0 Å². The number of piperazine rings is 1. The summed E-state index contributed by atoms with van der Waals surface area (Å²) in [5.41, 5.74) is 0.400. The fourth-order valence-corrected chi connectivity index (χ4v) is 3.13. The van der Waals surface area contributed by atoms with Crippen molar-refractivity contribution in [3.05, 3.63) is 35.9 Å². The average molecular weight is 360 g/mol. The molecule has 1 heterocycles. The molecule has 0 spiro atoms. The number of benzene rings is 1. The summed E-state index contributed by atoms with van der Waals surface area (Å²) in [5.74, 6) is -0.250. The van der Waals surface area contributed by atoms with E-state index < -0.39 is 17.5 Å². The maximum absolute atomic E-state index is 13.0. The zero-order chi connectivity index (χ0) is 19.3. The van der Waals surface area contributed by atoms with Gasteiger partial charge in [-0.3, -0.25) is 19.8 Å². The number of carbonyl (C=O) groups is 3. The molecular weight excluding hydrogens is 332 g/mol. The van der Waals surface area contributed by atoms with Crippen LogP contribution in [-0.2, 0) is 15.0 Å². The number of carbonyl (C=O) groups excluding carboxylic acids is 3. The highest BCUT2D eigenvalue weighted by Crippen LogP contribution is 2.26. The Morgan fingerprint density at radius 2 is 1.62 bits per heavy atom. The highest BCUT2D eigenvalue weighted by atomic mass is 16.2. The number of nitrogens with zero attached hydrogens (tertiary/aromatic N) is 2. The van der Waals surface area contributed by atoms with Crippen LogP contribution >= 0.6 is 0 Å². The van der Waals surface area contributed by atoms with Crippen molar-refractivity contribution >= 4 is 17.8 Å². The second-order valence-corrected chi connectivity index (χ2v) is 7.06. The van der Waals surface area contributed by atoms with Crippen LogP contribution in [0, 0.1) is 0 Å². The molecule has 1 saturated heterocycles. The Morgan fingerprint density at radius 3 is 2.15 bits per heavy atom. The van der Waals surface area contributed by atoms with Gasteiger partial charge in [0.2, 0.25) is 11.8 Å². The van der Waals surface area contributed by atoms with Gasteiger partial charge in [-0.1, -0.05) is 30.3 Å². The van der Waals surface area contributed by atoms with Crippen LogP contribution in [0.5, 0.6) is 0 Å². The molecule has 1 atom stereocenters. The van der Waals surface area contributed by atoms with Crippen molar-refractivity contribution in [3.8, 4) is 0 Å². The molecule has 0 unspecified atom stereocenters. The lowest BCUT2D eigenvalue weighted by atomic mass is 9.83. The van der Waals surface area contributed by atoms with Crippen molar-refractivity contribution in [1.82, 2.24) is 20.4 Å². The maximum Gasteiger partial charge on any atom is 0.321 e. The fraction of sp³-hybridized carbons (Fsp3) is 0.526. The molecule has 0 radical (unpaired) electrons. The van der Waals surface area contributed by atoms with Gasteiger partial charge in [-0.05, 0) is 26.3 Å². The molecule has 1 aromatic rings. The van der Waals surface area contributed by atoms with Crippen molar-refractivity contribution in [3.63, 3.8) is 0 Å². The lowest BCUT2D eigenvalue weighted by Gasteiger charge is -2.40. The zero-order valence-electron chi connectivity index (χ0n) is 15.9. The molecule has 2 N–H and O–H groups in total. The summed E-state index contributed by atoms with van der Waals surface area (Å²) in [6.45, 7) is 7.97. The minimum absolute atomic E-state index is 0.0887. The standard InChI is InChI=1S/C19H28N4O3/c1-14(16(24)21-18(26)20-4)22-10-12-23(13-11-22)17(25)19(2,3)15-8-6-5-7-9-15/h5-9,14H,10-13H2,1-4H3,(H2,20,21,24,26)/t14-/m1/s1. The molecule has 1 aliphatic rings. The molecule has 1 aromatic carbocycles. The molecule has 1 aliphatic heterocycles. The normalized spacial score (nSPS) is 16.7. The van der Waals surface area contributed by atoms with Crippen LogP contribution in [0.15, 0.2) is 30.3 Å². The Balaban J connectivity index is 1.94. The minimum Gasteiger partial charge on any atom is -0.341 e. The second-order valence-electron chi connectivity index (χ2n) is 7.06. The third-order valence-electron chi connectivity index (χ3n) is 5.02. The quantitative estimate of drug-likeness (QED) is 0.838. The van der Waals surface area contributed by atoms with Crippen molar-refractivity contribution in [2.24, 2.45) is 0 Å². The number of hydrogen-bond donors (Lipinski definition) is 2. The van der Waals surface area contributed by atoms with Gasteiger partial charge in [0.1, 0.15) is 0 Å². The van der Waals surface area contributed by atoms with Gasteiger partial charge < -0.3 is 10.2 Å². The Kier molecular flexibility index (Phi) is 6.37. The first-order valence-electron chi connectivity index (χ1n) is 8.89. The van der Waals surface area contributed by atoms with Crippen LogP contribution in [-0.4, -0.2) is 66.9 Å². The van der Waals surface area contributed by atoms with E-state index in [-0.39, 0.29) is 11.8 Å². The first-order chi connectivity index (χ1) is 12.3. The summed E-state index contributed by atoms with van der Waals surface area (Å²) in [5, 5.41) is 4.66. The summed E-state index contributed by atoms with van der Waals surface area (Å²) < 4.78 is 0. The van der Waals surface area contributed by atoms with Gasteiger partial charge in [-0.2, -0.15) is 0 Å². The molecule has 0 bridgehead atoms. The smallest absolute Gasteiger partial charge is 0.321 e. The monoisotopic (exact) mass is 360 g/mol. The van der Waals surface area contributed by atoms with Gasteiger partial charge >= 0.3 is 6.03 Å². The molecule has 142 valence electrons. The highest BCUT2D eigenvalue weighted by Gasteiger charge is 2.36. The first kappa shape index (κ1) is 19.9. The lowest BCUT2D eigenvalue weighted by molar-refractivity contribution is -0.138. The molecule has 0 aromatic heterocycles. The van der Waals surface area contributed by atoms with E-state index in [1.54, 1.807) is 6.92 Å². The third-order valence-corrected chi connectivity index (χ3v) is 5.02. The summed E-state index contributed by atoms with van der Waals surface area (Å²) >= 11 is 0. The van der Waals surface area contributed by atoms with Crippen molar-refractivity contribution < 1.29 is 14.4 Å². The van der Waals surface area contributed by atoms with Crippen LogP contribution in [0.1, 0.15) is 26.3 Å². The number of nitrogens with one attached hydrogen (secondary N) is 2. The van der Waals surface area contributed by atoms with E-state index in [0.29, 0.717) is 26.2 Å². The molecular formula is C19H28N4O3. The summed E-state index contributed by atoms with van der Waals surface area (Å²) in [4.78, 5) is 40.2. The van der Waals surface area contributed by atoms with Crippen LogP contribution in [0.4, 0.5) is 4.79 Å². The lowest BCUT2D eigenvalue weighted by Crippen LogP contribution is -2.57. The first-order valence-corrected chi connectivity index (χ1v) is 8.89. The molecule has 7 heteroatoms. The molecule has 0 saturated carbocycles. The van der Waals surface area contributed by atoms with E-state index in [0.717, 1.165) is 5.56 Å². The van der Waals surface area contributed by atoms with Gasteiger partial charge in [-0.15, -0.1) is 0 Å². The minimum atomic E-state index is -0.592. The number of amides is 4. The molecule has 7 nitrogen and oxygen atoms in total. The number of hydrogen-bond acceptors (Lipinski definition) is 4. The zero-order valence-corrected chi connectivity index (χ0v) is 15.9. The van der Waals surface area contributed by atoms with Gasteiger partial charge in [-0.25, -0.2) is 4.79 Å². The second kappa shape index (κ2) is 8.31. The van der Waals surface area contributed by atoms with Gasteiger partial charge in [0.25, 0.3) is 0 Å². The SMILES string of the molecule is CNC(=O)NC(=O)[C@@H](C)N1CCN(C(=O)C(C)(C)c2ccccc2)CC1. The van der Waals surface area contributed by atoms with Crippen LogP contribution in [0.25, 0.3) is 0 Å². The van der Waals surface area contributed by atoms with Crippen LogP contribution in [0.3, 0.4) is 0 Å². The molecule has 1 fully saturated rings. The summed E-state index contributed by atoms with van der Waals surface area (Å²) in [6, 6.07) is 8.82. The van der Waals surface area contributed by atoms with Gasteiger partial charge in [0, 0.05) is 33.2 Å². The van der Waals surface area contributed by atoms with E-state index in [2.05, 4.69) is 10.6 Å². The highest BCUT2D eigenvalue weighted by molar-refractivity contribution is 5.96. The molecule has 26 heavy (non-hydrogen) atoms. The molecule has 4 amide bonds. The van der Waals surface area contributed by atoms with Gasteiger partial charge in [0.05, 0.1) is 11.5 Å². The number of rotatable bonds is 4. The van der Waals surface area contributed by atoms with Crippen molar-refractivity contribution in [1.29, 1.82) is 0 Å². The van der Waals surface area contributed by atoms with E-state index in [4.69, 9.17) is 0 Å². The van der Waals surface area contributed by atoms with E-state index >= 15 is 0 Å². The maximum atomic E-state index is 13.0. The average Bonchev–Trinajstić information content (AvgIpc) is 2.67.